The van der Waals surface area contributed by atoms with Crippen LogP contribution in [0.3, 0.4) is 0 Å². The average molecular weight is 428 g/mol. The summed E-state index contributed by atoms with van der Waals surface area (Å²) in [4.78, 5) is 24.6. The molecule has 0 bridgehead atoms. The van der Waals surface area contributed by atoms with E-state index in [1.165, 1.54) is 6.42 Å². The second-order valence-electron chi connectivity index (χ2n) is 9.05. The fourth-order valence-electron chi connectivity index (χ4n) is 5.09. The maximum Gasteiger partial charge on any atom is 0.260 e. The van der Waals surface area contributed by atoms with Crippen molar-refractivity contribution < 1.29 is 4.74 Å². The molecule has 2 aliphatic rings. The van der Waals surface area contributed by atoms with Gasteiger partial charge in [-0.2, -0.15) is 0 Å². The van der Waals surface area contributed by atoms with Crippen LogP contribution in [0.15, 0.2) is 60.6 Å². The van der Waals surface area contributed by atoms with Crippen LogP contribution in [-0.2, 0) is 11.3 Å². The molecule has 2 fully saturated rings. The Morgan fingerprint density at radius 1 is 1.16 bits per heavy atom. The predicted molar refractivity (Wildman–Crippen MR) is 125 cm³/mol. The van der Waals surface area contributed by atoms with Crippen molar-refractivity contribution in [3.8, 4) is 0 Å². The third-order valence-corrected chi connectivity index (χ3v) is 6.77. The number of ether oxygens (including phenoxy) is 1. The molecule has 2 aliphatic heterocycles. The molecular formula is C25H25N5O2. The first-order valence-electron chi connectivity index (χ1n) is 11.0. The Bertz CT molecular complexity index is 1390. The molecule has 0 unspecified atom stereocenters. The van der Waals surface area contributed by atoms with Gasteiger partial charge in [-0.05, 0) is 36.6 Å². The zero-order valence-electron chi connectivity index (χ0n) is 17.9. The van der Waals surface area contributed by atoms with Crippen molar-refractivity contribution in [2.75, 3.05) is 31.2 Å². The quantitative estimate of drug-likeness (QED) is 0.500. The van der Waals surface area contributed by atoms with E-state index in [2.05, 4.69) is 21.4 Å². The zero-order valence-corrected chi connectivity index (χ0v) is 17.9. The van der Waals surface area contributed by atoms with Gasteiger partial charge in [0.1, 0.15) is 5.65 Å². The highest BCUT2D eigenvalue weighted by Gasteiger charge is 2.44. The van der Waals surface area contributed by atoms with Gasteiger partial charge >= 0.3 is 0 Å². The summed E-state index contributed by atoms with van der Waals surface area (Å²) in [7, 11) is 0. The van der Waals surface area contributed by atoms with Crippen molar-refractivity contribution in [2.24, 2.45) is 5.41 Å². The Balaban J connectivity index is 1.30. The van der Waals surface area contributed by atoms with Gasteiger partial charge in [-0.1, -0.05) is 12.7 Å². The molecule has 0 saturated carbocycles. The van der Waals surface area contributed by atoms with E-state index in [-0.39, 0.29) is 11.0 Å². The second kappa shape index (κ2) is 7.31. The Labute approximate surface area is 185 Å². The highest BCUT2D eigenvalue weighted by Crippen LogP contribution is 2.41. The normalized spacial score (nSPS) is 17.7. The molecule has 0 aliphatic carbocycles. The van der Waals surface area contributed by atoms with Gasteiger partial charge in [0.05, 0.1) is 36.1 Å². The minimum absolute atomic E-state index is 0.0445. The number of nitrogens with zero attached hydrogens (tertiary/aromatic N) is 5. The molecule has 0 amide bonds. The summed E-state index contributed by atoms with van der Waals surface area (Å²) in [6, 6.07) is 5.96. The lowest BCUT2D eigenvalue weighted by Gasteiger charge is -2.53. The molecule has 162 valence electrons. The van der Waals surface area contributed by atoms with Gasteiger partial charge in [0, 0.05) is 55.3 Å². The molecular weight excluding hydrogens is 402 g/mol. The van der Waals surface area contributed by atoms with Crippen molar-refractivity contribution in [1.82, 2.24) is 18.9 Å². The molecule has 0 aromatic carbocycles. The highest BCUT2D eigenvalue weighted by atomic mass is 16.5. The summed E-state index contributed by atoms with van der Waals surface area (Å²) in [5.74, 6) is 0. The lowest BCUT2D eigenvalue weighted by Crippen LogP contribution is -2.60. The van der Waals surface area contributed by atoms with Crippen LogP contribution in [0.2, 0.25) is 0 Å². The van der Waals surface area contributed by atoms with E-state index in [0.717, 1.165) is 60.7 Å². The zero-order chi connectivity index (χ0) is 21.7. The fourth-order valence-corrected chi connectivity index (χ4v) is 5.09. The maximum atomic E-state index is 13.3. The average Bonchev–Trinajstić information content (AvgIpc) is 3.21. The van der Waals surface area contributed by atoms with Gasteiger partial charge in [0.2, 0.25) is 0 Å². The molecule has 7 heteroatoms. The lowest BCUT2D eigenvalue weighted by molar-refractivity contribution is -0.0233. The summed E-state index contributed by atoms with van der Waals surface area (Å²) in [5, 5.41) is 1.60. The summed E-state index contributed by atoms with van der Waals surface area (Å²) in [6.45, 7) is 7.86. The molecule has 4 aromatic rings. The summed E-state index contributed by atoms with van der Waals surface area (Å²) in [6.07, 6.45) is 13.5. The van der Waals surface area contributed by atoms with Crippen molar-refractivity contribution in [3.05, 3.63) is 77.4 Å². The minimum atomic E-state index is -0.0445. The second-order valence-corrected chi connectivity index (χ2v) is 9.05. The fraction of sp³-hybridized carbons (Fsp3) is 0.320. The third-order valence-electron chi connectivity index (χ3n) is 6.77. The largest absolute Gasteiger partial charge is 0.381 e. The highest BCUT2D eigenvalue weighted by molar-refractivity contribution is 5.93. The van der Waals surface area contributed by atoms with Crippen LogP contribution in [0.5, 0.6) is 0 Å². The number of pyridine rings is 3. The molecule has 0 N–H and O–H groups in total. The summed E-state index contributed by atoms with van der Waals surface area (Å²) < 4.78 is 9.39. The standard InChI is InChI=1S/C25H25N5O2/c1-2-18-4-5-23-27-19(14-29(23)12-18)13-28-8-6-20-21(24(28)31)10-26-11-22(20)30-15-25(16-30)7-3-9-32-17-25/h2,4-6,8,10-12,14H,1,3,7,9,13,15-17H2. The molecule has 4 aromatic heterocycles. The topological polar surface area (TPSA) is 64.7 Å². The molecule has 6 heterocycles. The van der Waals surface area contributed by atoms with E-state index in [9.17, 15) is 4.79 Å². The molecule has 1 spiro atoms. The Kier molecular flexibility index (Phi) is 4.40. The summed E-state index contributed by atoms with van der Waals surface area (Å²) in [5.41, 5.74) is 3.96. The first-order valence-corrected chi connectivity index (χ1v) is 11.0. The lowest BCUT2D eigenvalue weighted by atomic mass is 9.75. The van der Waals surface area contributed by atoms with E-state index in [0.29, 0.717) is 11.9 Å². The van der Waals surface area contributed by atoms with E-state index < -0.39 is 0 Å². The van der Waals surface area contributed by atoms with Crippen LogP contribution in [0.1, 0.15) is 24.1 Å². The van der Waals surface area contributed by atoms with E-state index in [1.54, 1.807) is 16.8 Å². The number of anilines is 1. The van der Waals surface area contributed by atoms with Gasteiger partial charge in [-0.3, -0.25) is 9.78 Å². The van der Waals surface area contributed by atoms with Crippen LogP contribution < -0.4 is 10.5 Å². The molecule has 0 radical (unpaired) electrons. The predicted octanol–water partition coefficient (Wildman–Crippen LogP) is 3.35. The minimum Gasteiger partial charge on any atom is -0.381 e. The smallest absolute Gasteiger partial charge is 0.260 e. The number of rotatable bonds is 4. The van der Waals surface area contributed by atoms with Crippen LogP contribution in [0, 0.1) is 5.41 Å². The van der Waals surface area contributed by atoms with Gasteiger partial charge in [-0.25, -0.2) is 4.98 Å². The van der Waals surface area contributed by atoms with Crippen molar-refractivity contribution in [1.29, 1.82) is 0 Å². The van der Waals surface area contributed by atoms with E-state index in [4.69, 9.17) is 4.74 Å². The SMILES string of the molecule is C=Cc1ccc2nc(Cn3ccc4c(N5CC6(CCCOC6)C5)cncc4c3=O)cn2c1. The van der Waals surface area contributed by atoms with Gasteiger partial charge in [0.25, 0.3) is 5.56 Å². The maximum absolute atomic E-state index is 13.3. The number of aromatic nitrogens is 4. The van der Waals surface area contributed by atoms with Gasteiger partial charge < -0.3 is 18.6 Å². The van der Waals surface area contributed by atoms with E-state index >= 15 is 0 Å². The van der Waals surface area contributed by atoms with Crippen LogP contribution >= 0.6 is 0 Å². The first kappa shape index (κ1) is 19.3. The molecule has 32 heavy (non-hydrogen) atoms. The van der Waals surface area contributed by atoms with Crippen molar-refractivity contribution in [3.63, 3.8) is 0 Å². The molecule has 2 saturated heterocycles. The van der Waals surface area contributed by atoms with Crippen molar-refractivity contribution >= 4 is 28.2 Å². The Morgan fingerprint density at radius 2 is 2.06 bits per heavy atom. The molecule has 7 nitrogen and oxygen atoms in total. The Morgan fingerprint density at radius 3 is 2.88 bits per heavy atom. The molecule has 0 atom stereocenters. The first-order chi connectivity index (χ1) is 15.6. The Hall–Kier alpha value is -3.45. The van der Waals surface area contributed by atoms with E-state index in [1.807, 2.05) is 47.4 Å². The number of hydrogen-bond donors (Lipinski definition) is 0. The van der Waals surface area contributed by atoms with Gasteiger partial charge in [-0.15, -0.1) is 0 Å². The third kappa shape index (κ3) is 3.12. The van der Waals surface area contributed by atoms with Crippen molar-refractivity contribution in [2.45, 2.75) is 19.4 Å². The van der Waals surface area contributed by atoms with Crippen LogP contribution in [-0.4, -0.2) is 45.2 Å². The summed E-state index contributed by atoms with van der Waals surface area (Å²) >= 11 is 0. The number of fused-ring (bicyclic) bond motifs is 2. The molecule has 6 rings (SSSR count). The number of hydrogen-bond acceptors (Lipinski definition) is 5. The van der Waals surface area contributed by atoms with Crippen LogP contribution in [0.25, 0.3) is 22.5 Å². The van der Waals surface area contributed by atoms with Crippen LogP contribution in [0.4, 0.5) is 5.69 Å². The monoisotopic (exact) mass is 427 g/mol. The number of imidazole rings is 1. The van der Waals surface area contributed by atoms with Gasteiger partial charge in [0.15, 0.2) is 0 Å².